The number of nitrogens with one attached hydrogen (secondary N) is 4. The molecule has 0 aliphatic carbocycles. The Morgan fingerprint density at radius 3 is 2.73 bits per heavy atom. The fourth-order valence-corrected chi connectivity index (χ4v) is 4.89. The van der Waals surface area contributed by atoms with Crippen LogP contribution in [0.25, 0.3) is 11.2 Å². The van der Waals surface area contributed by atoms with Crippen LogP contribution in [0.4, 0.5) is 20.7 Å². The largest absolute Gasteiger partial charge is 0.497 e. The van der Waals surface area contributed by atoms with Gasteiger partial charge in [0.05, 0.1) is 13.4 Å². The zero-order valence-electron chi connectivity index (χ0n) is 24.9. The number of carbonyl (C=O) groups is 1. The molecule has 1 fully saturated rings. The van der Waals surface area contributed by atoms with Crippen LogP contribution in [0, 0.1) is 5.82 Å². The molecule has 1 aliphatic rings. The van der Waals surface area contributed by atoms with Crippen molar-refractivity contribution in [2.24, 2.45) is 0 Å². The number of fused-ring (bicyclic) bond motifs is 1. The second-order valence-corrected chi connectivity index (χ2v) is 10.6. The molecule has 5 atom stereocenters. The number of ether oxygens (including phenoxy) is 2. The van der Waals surface area contributed by atoms with Crippen molar-refractivity contribution in [3.05, 3.63) is 84.7 Å². The number of hydrogen-bond donors (Lipinski definition) is 6. The third-order valence-corrected chi connectivity index (χ3v) is 7.30. The SMILES string of the molecule is COc1ccc(NC(=O)NCCCNC(C)C=C[C@H]2O[C@@H](n3cnc4c(NCc5cccc(F)c5)ncnc43)[C@H](O)[C@@H]2O)cc1. The maximum atomic E-state index is 13.5. The first-order chi connectivity index (χ1) is 21.8. The lowest BCUT2D eigenvalue weighted by Crippen LogP contribution is -2.33. The minimum atomic E-state index is -1.23. The molecular weight excluding hydrogens is 583 g/mol. The number of nitrogens with zero attached hydrogens (tertiary/aromatic N) is 4. The number of imidazole rings is 1. The monoisotopic (exact) mass is 620 g/mol. The van der Waals surface area contributed by atoms with Gasteiger partial charge in [0.15, 0.2) is 23.2 Å². The molecule has 3 heterocycles. The first-order valence-corrected chi connectivity index (χ1v) is 14.6. The van der Waals surface area contributed by atoms with Gasteiger partial charge in [0.1, 0.15) is 36.2 Å². The van der Waals surface area contributed by atoms with Crippen LogP contribution in [0.5, 0.6) is 5.75 Å². The Kier molecular flexibility index (Phi) is 10.5. The van der Waals surface area contributed by atoms with E-state index >= 15 is 0 Å². The summed E-state index contributed by atoms with van der Waals surface area (Å²) in [7, 11) is 1.58. The van der Waals surface area contributed by atoms with Crippen molar-refractivity contribution in [2.45, 2.75) is 50.5 Å². The van der Waals surface area contributed by atoms with E-state index in [1.165, 1.54) is 24.8 Å². The predicted octanol–water partition coefficient (Wildman–Crippen LogP) is 2.95. The third kappa shape index (κ3) is 8.10. The molecule has 13 nitrogen and oxygen atoms in total. The quantitative estimate of drug-likeness (QED) is 0.0966. The highest BCUT2D eigenvalue weighted by molar-refractivity contribution is 5.89. The van der Waals surface area contributed by atoms with E-state index < -0.39 is 24.5 Å². The molecule has 1 unspecified atom stereocenters. The van der Waals surface area contributed by atoms with Gasteiger partial charge >= 0.3 is 6.03 Å². The molecule has 0 spiro atoms. The standard InChI is InChI=1S/C31H37FN8O5/c1-19(33-13-4-14-34-31(43)39-22-8-10-23(44-2)11-9-22)7-12-24-26(41)27(42)30(45-24)40-18-38-25-28(36-17-37-29(25)40)35-16-20-5-3-6-21(32)15-20/h3,5-12,15,17-19,24,26-27,30,33,41-42H,4,13-14,16H2,1-2H3,(H2,34,39,43)(H,35,36,37)/t19?,24-,26-,27-,30-/m1/s1. The minimum absolute atomic E-state index is 0.0568. The Labute approximate surface area is 259 Å². The number of aliphatic hydroxyl groups excluding tert-OH is 2. The van der Waals surface area contributed by atoms with E-state index in [1.54, 1.807) is 54.2 Å². The molecule has 1 saturated heterocycles. The van der Waals surface area contributed by atoms with Crippen LogP contribution < -0.4 is 26.0 Å². The van der Waals surface area contributed by atoms with Crippen LogP contribution in [0.3, 0.4) is 0 Å². The molecule has 45 heavy (non-hydrogen) atoms. The summed E-state index contributed by atoms with van der Waals surface area (Å²) in [5, 5.41) is 33.6. The predicted molar refractivity (Wildman–Crippen MR) is 166 cm³/mol. The van der Waals surface area contributed by atoms with Gasteiger partial charge in [-0.1, -0.05) is 24.3 Å². The van der Waals surface area contributed by atoms with Gasteiger partial charge in [-0.25, -0.2) is 24.1 Å². The van der Waals surface area contributed by atoms with Crippen LogP contribution in [-0.4, -0.2) is 80.3 Å². The molecule has 2 aromatic heterocycles. The fourth-order valence-electron chi connectivity index (χ4n) is 4.89. The van der Waals surface area contributed by atoms with Crippen molar-refractivity contribution in [3.63, 3.8) is 0 Å². The zero-order valence-corrected chi connectivity index (χ0v) is 24.9. The van der Waals surface area contributed by atoms with Gasteiger partial charge in [-0.15, -0.1) is 0 Å². The first kappa shape index (κ1) is 31.8. The van der Waals surface area contributed by atoms with E-state index in [2.05, 4.69) is 36.2 Å². The Bertz CT molecular complexity index is 1600. The maximum Gasteiger partial charge on any atom is 0.319 e. The van der Waals surface area contributed by atoms with Crippen molar-refractivity contribution in [3.8, 4) is 5.75 Å². The zero-order chi connectivity index (χ0) is 31.8. The second kappa shape index (κ2) is 14.9. The van der Waals surface area contributed by atoms with Gasteiger partial charge in [0.2, 0.25) is 0 Å². The van der Waals surface area contributed by atoms with Gasteiger partial charge in [-0.2, -0.15) is 0 Å². The number of methoxy groups -OCH3 is 1. The molecule has 238 valence electrons. The van der Waals surface area contributed by atoms with E-state index in [0.717, 1.165) is 5.56 Å². The van der Waals surface area contributed by atoms with Crippen LogP contribution in [0.15, 0.2) is 73.3 Å². The highest BCUT2D eigenvalue weighted by Gasteiger charge is 2.43. The average Bonchev–Trinajstić information content (AvgIpc) is 3.59. The molecule has 6 N–H and O–H groups in total. The topological polar surface area (TPSA) is 168 Å². The van der Waals surface area contributed by atoms with E-state index in [9.17, 15) is 19.4 Å². The van der Waals surface area contributed by atoms with Gasteiger partial charge in [0.25, 0.3) is 0 Å². The van der Waals surface area contributed by atoms with Gasteiger partial charge in [-0.05, 0) is 61.9 Å². The Morgan fingerprint density at radius 2 is 1.96 bits per heavy atom. The molecule has 0 saturated carbocycles. The molecule has 2 amide bonds. The van der Waals surface area contributed by atoms with Crippen LogP contribution in [0.2, 0.25) is 0 Å². The van der Waals surface area contributed by atoms with Crippen LogP contribution in [-0.2, 0) is 11.3 Å². The number of amides is 2. The van der Waals surface area contributed by atoms with E-state index in [1.807, 2.05) is 13.0 Å². The van der Waals surface area contributed by atoms with E-state index in [0.29, 0.717) is 54.5 Å². The summed E-state index contributed by atoms with van der Waals surface area (Å²) >= 11 is 0. The molecule has 2 aromatic carbocycles. The van der Waals surface area contributed by atoms with Gasteiger partial charge in [0, 0.05) is 24.8 Å². The molecule has 1 aliphatic heterocycles. The number of anilines is 2. The summed E-state index contributed by atoms with van der Waals surface area (Å²) in [6, 6.07) is 13.0. The average molecular weight is 621 g/mol. The Morgan fingerprint density at radius 1 is 1.13 bits per heavy atom. The maximum absolute atomic E-state index is 13.5. The highest BCUT2D eigenvalue weighted by Crippen LogP contribution is 2.33. The number of urea groups is 1. The molecule has 5 rings (SSSR count). The summed E-state index contributed by atoms with van der Waals surface area (Å²) < 4.78 is 26.2. The number of aromatic nitrogens is 4. The lowest BCUT2D eigenvalue weighted by Gasteiger charge is -2.16. The molecule has 4 aromatic rings. The normalized spacial score (nSPS) is 20.4. The highest BCUT2D eigenvalue weighted by atomic mass is 19.1. The summed E-state index contributed by atoms with van der Waals surface area (Å²) in [4.78, 5) is 25.1. The number of carbonyl (C=O) groups excluding carboxylic acids is 1. The molecule has 0 bridgehead atoms. The van der Waals surface area contributed by atoms with Crippen molar-refractivity contribution in [1.29, 1.82) is 0 Å². The molecular formula is C31H37FN8O5. The smallest absolute Gasteiger partial charge is 0.319 e. The summed E-state index contributed by atoms with van der Waals surface area (Å²) in [5.74, 6) is 0.830. The third-order valence-electron chi connectivity index (χ3n) is 7.30. The van der Waals surface area contributed by atoms with Crippen LogP contribution in [0.1, 0.15) is 25.1 Å². The van der Waals surface area contributed by atoms with E-state index in [4.69, 9.17) is 9.47 Å². The Balaban J connectivity index is 1.08. The molecule has 14 heteroatoms. The van der Waals surface area contributed by atoms with E-state index in [-0.39, 0.29) is 17.9 Å². The number of hydrogen-bond acceptors (Lipinski definition) is 10. The van der Waals surface area contributed by atoms with Gasteiger partial charge in [-0.3, -0.25) is 4.57 Å². The van der Waals surface area contributed by atoms with Gasteiger partial charge < -0.3 is 41.0 Å². The van der Waals surface area contributed by atoms with Crippen molar-refractivity contribution < 1.29 is 28.9 Å². The fraction of sp³-hybridized carbons (Fsp3) is 0.355. The molecule has 0 radical (unpaired) electrons. The van der Waals surface area contributed by atoms with Crippen molar-refractivity contribution in [2.75, 3.05) is 30.8 Å². The second-order valence-electron chi connectivity index (χ2n) is 10.6. The lowest BCUT2D eigenvalue weighted by atomic mass is 10.1. The van der Waals surface area contributed by atoms with Crippen molar-refractivity contribution in [1.82, 2.24) is 30.2 Å². The first-order valence-electron chi connectivity index (χ1n) is 14.6. The Hall–Kier alpha value is -4.63. The number of halogens is 1. The summed E-state index contributed by atoms with van der Waals surface area (Å²) in [6.45, 7) is 3.40. The summed E-state index contributed by atoms with van der Waals surface area (Å²) in [6.07, 6.45) is 3.03. The number of aliphatic hydroxyl groups is 2. The number of rotatable bonds is 13. The minimum Gasteiger partial charge on any atom is -0.497 e. The van der Waals surface area contributed by atoms with Crippen molar-refractivity contribution >= 4 is 28.7 Å². The van der Waals surface area contributed by atoms with Crippen LogP contribution >= 0.6 is 0 Å². The number of benzene rings is 2. The lowest BCUT2D eigenvalue weighted by molar-refractivity contribution is -0.0245. The summed E-state index contributed by atoms with van der Waals surface area (Å²) in [5.41, 5.74) is 2.27.